The number of imide groups is 1. The molecule has 0 N–H and O–H groups in total. The van der Waals surface area contributed by atoms with Gasteiger partial charge in [0, 0.05) is 29.5 Å². The third kappa shape index (κ3) is 5.25. The lowest BCUT2D eigenvalue weighted by atomic mass is 10.1. The van der Waals surface area contributed by atoms with E-state index < -0.39 is 29.1 Å². The van der Waals surface area contributed by atoms with Crippen LogP contribution in [-0.4, -0.2) is 63.1 Å². The van der Waals surface area contributed by atoms with E-state index in [0.717, 1.165) is 22.7 Å². The maximum Gasteiger partial charge on any atom is 0.416 e. The molecule has 2 saturated heterocycles. The van der Waals surface area contributed by atoms with Crippen LogP contribution in [0.25, 0.3) is 17.0 Å². The van der Waals surface area contributed by atoms with Gasteiger partial charge in [0.25, 0.3) is 11.1 Å². The van der Waals surface area contributed by atoms with Gasteiger partial charge >= 0.3 is 6.18 Å². The fourth-order valence-electron chi connectivity index (χ4n) is 4.68. The summed E-state index contributed by atoms with van der Waals surface area (Å²) in [6.45, 7) is 0.304. The minimum Gasteiger partial charge on any atom is -0.299 e. The number of aromatic nitrogens is 2. The molecule has 12 heteroatoms. The number of rotatable bonds is 5. The first-order valence-corrected chi connectivity index (χ1v) is 12.6. The summed E-state index contributed by atoms with van der Waals surface area (Å²) >= 11 is 6.60. The Hall–Kier alpha value is -2.89. The van der Waals surface area contributed by atoms with Crippen molar-refractivity contribution in [3.05, 3.63) is 69.2 Å². The van der Waals surface area contributed by atoms with Gasteiger partial charge in [-0.05, 0) is 66.7 Å². The molecule has 2 atom stereocenters. The highest BCUT2D eigenvalue weighted by molar-refractivity contribution is 8.18. The number of alkyl halides is 4. The van der Waals surface area contributed by atoms with E-state index >= 15 is 0 Å². The molecule has 194 valence electrons. The standard InChI is InChI=1S/C25H21ClF4N4O2S/c1-32-12-18(27)9-19(32)13-33-23(35)22(37-24(33)36)7-14-2-5-21-16(6-14)10-31-34(21)11-15-3-4-17(26)8-20(15)25(28,29)30/h2-8,10,18-19H,9,11-13H2,1H3/b22-7-/t18-,19?/m1/s1. The molecular weight excluding hydrogens is 532 g/mol. The maximum absolute atomic E-state index is 13.7. The zero-order valence-electron chi connectivity index (χ0n) is 19.5. The monoisotopic (exact) mass is 552 g/mol. The summed E-state index contributed by atoms with van der Waals surface area (Å²) < 4.78 is 55.6. The van der Waals surface area contributed by atoms with Gasteiger partial charge in [-0.25, -0.2) is 4.39 Å². The molecule has 1 aromatic heterocycles. The van der Waals surface area contributed by atoms with Gasteiger partial charge in [0.05, 0.1) is 28.7 Å². The fourth-order valence-corrected chi connectivity index (χ4v) is 5.70. The van der Waals surface area contributed by atoms with Crippen LogP contribution < -0.4 is 0 Å². The summed E-state index contributed by atoms with van der Waals surface area (Å²) in [6, 6.07) is 8.58. The smallest absolute Gasteiger partial charge is 0.299 e. The Kier molecular flexibility index (Phi) is 6.80. The Balaban J connectivity index is 1.36. The lowest BCUT2D eigenvalue weighted by Gasteiger charge is -2.23. The highest BCUT2D eigenvalue weighted by Gasteiger charge is 2.39. The molecule has 5 rings (SSSR count). The zero-order valence-corrected chi connectivity index (χ0v) is 21.1. The summed E-state index contributed by atoms with van der Waals surface area (Å²) in [5.41, 5.74) is 0.466. The molecule has 6 nitrogen and oxygen atoms in total. The number of likely N-dealkylation sites (N-methyl/N-ethyl adjacent to an activating group) is 1. The average molecular weight is 553 g/mol. The largest absolute Gasteiger partial charge is 0.416 e. The molecule has 3 aromatic rings. The van der Waals surface area contributed by atoms with Crippen molar-refractivity contribution in [2.24, 2.45) is 0 Å². The first-order valence-electron chi connectivity index (χ1n) is 11.4. The number of thioether (sulfide) groups is 1. The van der Waals surface area contributed by atoms with Crippen molar-refractivity contribution in [1.82, 2.24) is 19.6 Å². The first-order chi connectivity index (χ1) is 17.5. The third-order valence-electron chi connectivity index (χ3n) is 6.57. The molecule has 1 unspecified atom stereocenters. The summed E-state index contributed by atoms with van der Waals surface area (Å²) in [4.78, 5) is 28.6. The highest BCUT2D eigenvalue weighted by atomic mass is 35.5. The van der Waals surface area contributed by atoms with Crippen molar-refractivity contribution >= 4 is 51.5 Å². The van der Waals surface area contributed by atoms with Crippen LogP contribution in [0.15, 0.2) is 47.5 Å². The summed E-state index contributed by atoms with van der Waals surface area (Å²) in [5, 5.41) is 4.51. The Morgan fingerprint density at radius 2 is 1.97 bits per heavy atom. The molecule has 0 saturated carbocycles. The van der Waals surface area contributed by atoms with Gasteiger partial charge in [-0.1, -0.05) is 23.7 Å². The number of halogens is 5. The lowest BCUT2D eigenvalue weighted by molar-refractivity contribution is -0.138. The lowest BCUT2D eigenvalue weighted by Crippen LogP contribution is -2.40. The molecule has 2 fully saturated rings. The van der Waals surface area contributed by atoms with Crippen molar-refractivity contribution in [1.29, 1.82) is 0 Å². The van der Waals surface area contributed by atoms with Crippen molar-refractivity contribution < 1.29 is 27.2 Å². The van der Waals surface area contributed by atoms with Crippen LogP contribution in [0, 0.1) is 0 Å². The van der Waals surface area contributed by atoms with E-state index in [-0.39, 0.29) is 47.6 Å². The van der Waals surface area contributed by atoms with E-state index in [0.29, 0.717) is 16.5 Å². The molecule has 0 aliphatic carbocycles. The van der Waals surface area contributed by atoms with Gasteiger partial charge in [0.2, 0.25) is 0 Å². The van der Waals surface area contributed by atoms with Crippen LogP contribution in [0.2, 0.25) is 5.02 Å². The molecule has 2 aliphatic heterocycles. The van der Waals surface area contributed by atoms with Crippen molar-refractivity contribution in [2.45, 2.75) is 31.4 Å². The molecule has 2 amide bonds. The van der Waals surface area contributed by atoms with Crippen molar-refractivity contribution in [2.75, 3.05) is 20.1 Å². The van der Waals surface area contributed by atoms with Gasteiger partial charge in [-0.2, -0.15) is 18.3 Å². The van der Waals surface area contributed by atoms with Crippen LogP contribution in [0.3, 0.4) is 0 Å². The topological polar surface area (TPSA) is 58.4 Å². The number of hydrogen-bond donors (Lipinski definition) is 0. The molecule has 0 bridgehead atoms. The van der Waals surface area contributed by atoms with Gasteiger partial charge in [-0.15, -0.1) is 0 Å². The van der Waals surface area contributed by atoms with Gasteiger partial charge < -0.3 is 0 Å². The predicted octanol–water partition coefficient (Wildman–Crippen LogP) is 5.84. The number of amides is 2. The minimum absolute atomic E-state index is 0.00248. The van der Waals surface area contributed by atoms with E-state index in [4.69, 9.17) is 11.6 Å². The SMILES string of the molecule is CN1C[C@H](F)CC1CN1C(=O)S/C(=C\c2ccc3c(cnn3Cc3ccc(Cl)cc3C(F)(F)F)c2)C1=O. The second kappa shape index (κ2) is 9.77. The number of fused-ring (bicyclic) bond motifs is 1. The Labute approximate surface area is 218 Å². The minimum atomic E-state index is -4.56. The van der Waals surface area contributed by atoms with Crippen LogP contribution >= 0.6 is 23.4 Å². The second-order valence-electron chi connectivity index (χ2n) is 9.14. The number of nitrogens with zero attached hydrogens (tertiary/aromatic N) is 4. The maximum atomic E-state index is 13.7. The highest BCUT2D eigenvalue weighted by Crippen LogP contribution is 2.36. The first kappa shape index (κ1) is 25.7. The van der Waals surface area contributed by atoms with Crippen LogP contribution in [0.4, 0.5) is 22.4 Å². The number of likely N-dealkylation sites (tertiary alicyclic amines) is 1. The number of carbonyl (C=O) groups is 2. The van der Waals surface area contributed by atoms with Gasteiger partial charge in [0.1, 0.15) is 6.17 Å². The normalized spacial score (nSPS) is 22.2. The molecule has 0 spiro atoms. The molecule has 37 heavy (non-hydrogen) atoms. The molecule has 2 aliphatic rings. The van der Waals surface area contributed by atoms with Crippen LogP contribution in [0.5, 0.6) is 0 Å². The summed E-state index contributed by atoms with van der Waals surface area (Å²) in [6.07, 6.45) is -2.12. The molecule has 0 radical (unpaired) electrons. The van der Waals surface area contributed by atoms with E-state index in [1.807, 2.05) is 4.90 Å². The van der Waals surface area contributed by atoms with Crippen molar-refractivity contribution in [3.8, 4) is 0 Å². The Morgan fingerprint density at radius 1 is 1.19 bits per heavy atom. The number of carbonyl (C=O) groups excluding carboxylic acids is 2. The third-order valence-corrected chi connectivity index (χ3v) is 7.71. The predicted molar refractivity (Wildman–Crippen MR) is 134 cm³/mol. The van der Waals surface area contributed by atoms with Crippen LogP contribution in [-0.2, 0) is 17.5 Å². The van der Waals surface area contributed by atoms with Gasteiger partial charge in [0.15, 0.2) is 0 Å². The number of hydrogen-bond acceptors (Lipinski definition) is 5. The average Bonchev–Trinajstić information content (AvgIpc) is 3.45. The molecule has 3 heterocycles. The fraction of sp³-hybridized carbons (Fsp3) is 0.320. The van der Waals surface area contributed by atoms with Gasteiger partial charge in [-0.3, -0.25) is 24.1 Å². The Morgan fingerprint density at radius 3 is 2.68 bits per heavy atom. The zero-order chi connectivity index (χ0) is 26.5. The summed E-state index contributed by atoms with van der Waals surface area (Å²) in [5.74, 6) is -0.427. The van der Waals surface area contributed by atoms with E-state index in [2.05, 4.69) is 5.10 Å². The van der Waals surface area contributed by atoms with E-state index in [9.17, 15) is 27.2 Å². The van der Waals surface area contributed by atoms with Crippen LogP contribution in [0.1, 0.15) is 23.1 Å². The number of benzene rings is 2. The molecular formula is C25H21ClF4N4O2S. The second-order valence-corrected chi connectivity index (χ2v) is 10.6. The quantitative estimate of drug-likeness (QED) is 0.294. The van der Waals surface area contributed by atoms with E-state index in [1.54, 1.807) is 31.3 Å². The molecule has 2 aromatic carbocycles. The summed E-state index contributed by atoms with van der Waals surface area (Å²) in [7, 11) is 1.77. The van der Waals surface area contributed by atoms with E-state index in [1.165, 1.54) is 23.0 Å². The van der Waals surface area contributed by atoms with Crippen molar-refractivity contribution in [3.63, 3.8) is 0 Å². The Bertz CT molecular complexity index is 1420.